The second kappa shape index (κ2) is 8.44. The molecule has 0 saturated carbocycles. The van der Waals surface area contributed by atoms with Gasteiger partial charge in [0, 0.05) is 24.4 Å². The van der Waals surface area contributed by atoms with Crippen LogP contribution in [0, 0.1) is 0 Å². The van der Waals surface area contributed by atoms with Gasteiger partial charge in [0.25, 0.3) is 0 Å². The second-order valence-electron chi connectivity index (χ2n) is 7.44. The van der Waals surface area contributed by atoms with Crippen LogP contribution in [0.4, 0.5) is 11.4 Å². The second-order valence-corrected chi connectivity index (χ2v) is 7.44. The Labute approximate surface area is 177 Å². The van der Waals surface area contributed by atoms with Crippen molar-refractivity contribution < 1.29 is 4.74 Å². The Balaban J connectivity index is 2.05. The van der Waals surface area contributed by atoms with Crippen LogP contribution in [0.1, 0.15) is 28.2 Å². The summed E-state index contributed by atoms with van der Waals surface area (Å²) in [5, 5.41) is 0. The number of hydrogen-bond donors (Lipinski definition) is 2. The first-order chi connectivity index (χ1) is 14.6. The molecule has 0 aliphatic carbocycles. The van der Waals surface area contributed by atoms with Gasteiger partial charge in [-0.25, -0.2) is 0 Å². The quantitative estimate of drug-likeness (QED) is 0.420. The molecule has 4 N–H and O–H groups in total. The summed E-state index contributed by atoms with van der Waals surface area (Å²) in [6.07, 6.45) is 0. The highest BCUT2D eigenvalue weighted by Gasteiger charge is 2.44. The highest BCUT2D eigenvalue weighted by Crippen LogP contribution is 2.49. The normalized spacial score (nSPS) is 11.5. The molecule has 4 aromatic rings. The third-order valence-electron chi connectivity index (χ3n) is 5.67. The van der Waals surface area contributed by atoms with Crippen LogP contribution in [0.15, 0.2) is 109 Å². The Bertz CT molecular complexity index is 990. The summed E-state index contributed by atoms with van der Waals surface area (Å²) in [7, 11) is 1.77. The van der Waals surface area contributed by atoms with Crippen LogP contribution >= 0.6 is 0 Å². The lowest BCUT2D eigenvalue weighted by atomic mass is 9.69. The standard InChI is InChI=1S/C27H26N2O/c1-30-27(22-12-16-24(28)17-13-22,23-14-18-25(29)19-15-23)26(20-8-4-2-5-9-20)21-10-6-3-7-11-21/h2-19,26H,28-29H2,1H3. The van der Waals surface area contributed by atoms with E-state index in [1.54, 1.807) is 7.11 Å². The molecule has 150 valence electrons. The third kappa shape index (κ3) is 3.56. The van der Waals surface area contributed by atoms with Gasteiger partial charge in [0.15, 0.2) is 0 Å². The summed E-state index contributed by atoms with van der Waals surface area (Å²) in [5.74, 6) is -0.0860. The Morgan fingerprint density at radius 3 is 1.27 bits per heavy atom. The minimum atomic E-state index is -0.774. The topological polar surface area (TPSA) is 61.3 Å². The number of nitrogen functional groups attached to an aromatic ring is 2. The summed E-state index contributed by atoms with van der Waals surface area (Å²) in [6.45, 7) is 0. The first-order valence-electron chi connectivity index (χ1n) is 10.0. The number of benzene rings is 4. The SMILES string of the molecule is COC(c1ccc(N)cc1)(c1ccc(N)cc1)C(c1ccccc1)c1ccccc1. The van der Waals surface area contributed by atoms with Gasteiger partial charge in [-0.05, 0) is 46.5 Å². The number of anilines is 2. The molecule has 0 aliphatic rings. The fraction of sp³-hybridized carbons (Fsp3) is 0.111. The van der Waals surface area contributed by atoms with Gasteiger partial charge >= 0.3 is 0 Å². The fourth-order valence-corrected chi connectivity index (χ4v) is 4.27. The molecule has 0 aliphatic heterocycles. The third-order valence-corrected chi connectivity index (χ3v) is 5.67. The van der Waals surface area contributed by atoms with Crippen molar-refractivity contribution in [1.82, 2.24) is 0 Å². The van der Waals surface area contributed by atoms with Gasteiger partial charge < -0.3 is 16.2 Å². The van der Waals surface area contributed by atoms with Crippen molar-refractivity contribution in [3.63, 3.8) is 0 Å². The molecule has 4 aromatic carbocycles. The van der Waals surface area contributed by atoms with E-state index in [4.69, 9.17) is 16.2 Å². The van der Waals surface area contributed by atoms with Gasteiger partial charge in [-0.3, -0.25) is 0 Å². The number of hydrogen-bond acceptors (Lipinski definition) is 3. The number of ether oxygens (including phenoxy) is 1. The molecule has 0 unspecified atom stereocenters. The average Bonchev–Trinajstić information content (AvgIpc) is 2.80. The lowest BCUT2D eigenvalue weighted by Crippen LogP contribution is -2.38. The lowest BCUT2D eigenvalue weighted by molar-refractivity contribution is 0.00746. The zero-order valence-electron chi connectivity index (χ0n) is 17.0. The van der Waals surface area contributed by atoms with Crippen molar-refractivity contribution in [3.8, 4) is 0 Å². The molecule has 30 heavy (non-hydrogen) atoms. The predicted molar refractivity (Wildman–Crippen MR) is 124 cm³/mol. The predicted octanol–water partition coefficient (Wildman–Crippen LogP) is 5.57. The average molecular weight is 395 g/mol. The number of rotatable bonds is 6. The first-order valence-corrected chi connectivity index (χ1v) is 10.0. The van der Waals surface area contributed by atoms with Gasteiger partial charge in [0.05, 0.1) is 0 Å². The van der Waals surface area contributed by atoms with Gasteiger partial charge in [0.2, 0.25) is 0 Å². The maximum Gasteiger partial charge on any atom is 0.129 e. The van der Waals surface area contributed by atoms with E-state index in [0.29, 0.717) is 0 Å². The van der Waals surface area contributed by atoms with Gasteiger partial charge in [-0.2, -0.15) is 0 Å². The minimum absolute atomic E-state index is 0.0860. The molecule has 0 spiro atoms. The van der Waals surface area contributed by atoms with Gasteiger partial charge in [-0.15, -0.1) is 0 Å². The fourth-order valence-electron chi connectivity index (χ4n) is 4.27. The van der Waals surface area contributed by atoms with Crippen molar-refractivity contribution in [3.05, 3.63) is 131 Å². The molecule has 0 radical (unpaired) electrons. The summed E-state index contributed by atoms with van der Waals surface area (Å²) in [6, 6.07) is 36.8. The molecular formula is C27H26N2O. The molecule has 3 heteroatoms. The summed E-state index contributed by atoms with van der Waals surface area (Å²) < 4.78 is 6.48. The van der Waals surface area contributed by atoms with Crippen LogP contribution in [-0.2, 0) is 10.3 Å². The van der Waals surface area contributed by atoms with E-state index in [2.05, 4.69) is 48.5 Å². The molecule has 0 amide bonds. The molecule has 0 saturated heterocycles. The van der Waals surface area contributed by atoms with Gasteiger partial charge in [-0.1, -0.05) is 84.9 Å². The number of nitrogens with two attached hydrogens (primary N) is 2. The van der Waals surface area contributed by atoms with Crippen molar-refractivity contribution >= 4 is 11.4 Å². The molecular weight excluding hydrogens is 368 g/mol. The van der Waals surface area contributed by atoms with Crippen molar-refractivity contribution in [1.29, 1.82) is 0 Å². The Hall–Kier alpha value is -3.56. The van der Waals surface area contributed by atoms with Crippen LogP contribution in [0.2, 0.25) is 0 Å². The largest absolute Gasteiger partial charge is 0.399 e. The smallest absolute Gasteiger partial charge is 0.129 e. The van der Waals surface area contributed by atoms with Crippen molar-refractivity contribution in [2.45, 2.75) is 11.5 Å². The number of methoxy groups -OCH3 is 1. The summed E-state index contributed by atoms with van der Waals surface area (Å²) >= 11 is 0. The van der Waals surface area contributed by atoms with Crippen molar-refractivity contribution in [2.24, 2.45) is 0 Å². The Kier molecular flexibility index (Phi) is 5.55. The Morgan fingerprint density at radius 2 is 0.933 bits per heavy atom. The molecule has 4 rings (SSSR count). The summed E-state index contributed by atoms with van der Waals surface area (Å²) in [5.41, 5.74) is 17.1. The van der Waals surface area contributed by atoms with Crippen LogP contribution in [0.25, 0.3) is 0 Å². The van der Waals surface area contributed by atoms with E-state index < -0.39 is 5.60 Å². The van der Waals surface area contributed by atoms with E-state index in [1.807, 2.05) is 60.7 Å². The monoisotopic (exact) mass is 394 g/mol. The van der Waals surface area contributed by atoms with Gasteiger partial charge in [0.1, 0.15) is 5.60 Å². The van der Waals surface area contributed by atoms with E-state index in [0.717, 1.165) is 22.5 Å². The van der Waals surface area contributed by atoms with Crippen molar-refractivity contribution in [2.75, 3.05) is 18.6 Å². The maximum absolute atomic E-state index is 6.48. The molecule has 0 bridgehead atoms. The first kappa shape index (κ1) is 19.7. The van der Waals surface area contributed by atoms with E-state index in [9.17, 15) is 0 Å². The highest BCUT2D eigenvalue weighted by molar-refractivity contribution is 5.52. The minimum Gasteiger partial charge on any atom is -0.399 e. The zero-order valence-corrected chi connectivity index (χ0v) is 17.0. The van der Waals surface area contributed by atoms with E-state index in [-0.39, 0.29) is 5.92 Å². The molecule has 0 atom stereocenters. The Morgan fingerprint density at radius 1 is 0.567 bits per heavy atom. The van der Waals surface area contributed by atoms with Crippen LogP contribution in [0.3, 0.4) is 0 Å². The highest BCUT2D eigenvalue weighted by atomic mass is 16.5. The molecule has 0 aromatic heterocycles. The van der Waals surface area contributed by atoms with Crippen LogP contribution < -0.4 is 11.5 Å². The zero-order chi connectivity index (χ0) is 21.0. The molecule has 3 nitrogen and oxygen atoms in total. The molecule has 0 fully saturated rings. The summed E-state index contributed by atoms with van der Waals surface area (Å²) in [4.78, 5) is 0. The van der Waals surface area contributed by atoms with Crippen LogP contribution in [-0.4, -0.2) is 7.11 Å². The van der Waals surface area contributed by atoms with Crippen LogP contribution in [0.5, 0.6) is 0 Å². The van der Waals surface area contributed by atoms with E-state index >= 15 is 0 Å². The lowest BCUT2D eigenvalue weighted by Gasteiger charge is -2.41. The molecule has 0 heterocycles. The maximum atomic E-state index is 6.48. The van der Waals surface area contributed by atoms with E-state index in [1.165, 1.54) is 11.1 Å².